The Morgan fingerprint density at radius 2 is 2.12 bits per heavy atom. The zero-order valence-electron chi connectivity index (χ0n) is 13.6. The molecule has 7 heteroatoms. The molecule has 1 amide bonds. The number of amides is 1. The van der Waals surface area contributed by atoms with Crippen LogP contribution in [0.25, 0.3) is 0 Å². The quantitative estimate of drug-likeness (QED) is 0.840. The molecule has 0 unspecified atom stereocenters. The van der Waals surface area contributed by atoms with E-state index < -0.39 is 0 Å². The van der Waals surface area contributed by atoms with Gasteiger partial charge in [0.05, 0.1) is 17.4 Å². The van der Waals surface area contributed by atoms with Crippen molar-refractivity contribution in [3.63, 3.8) is 0 Å². The lowest BCUT2D eigenvalue weighted by atomic mass is 9.88. The molecule has 2 aromatic rings. The molecule has 2 atom stereocenters. The number of ether oxygens (including phenoxy) is 1. The minimum absolute atomic E-state index is 0.0553. The highest BCUT2D eigenvalue weighted by Crippen LogP contribution is 2.25. The highest BCUT2D eigenvalue weighted by molar-refractivity contribution is 6.30. The van der Waals surface area contributed by atoms with Crippen LogP contribution < -0.4 is 5.32 Å². The highest BCUT2D eigenvalue weighted by Gasteiger charge is 2.28. The molecule has 0 aliphatic heterocycles. The summed E-state index contributed by atoms with van der Waals surface area (Å²) in [5.41, 5.74) is 2.91. The van der Waals surface area contributed by atoms with Crippen LogP contribution in [0.5, 0.6) is 0 Å². The van der Waals surface area contributed by atoms with Crippen molar-refractivity contribution < 1.29 is 9.53 Å². The van der Waals surface area contributed by atoms with Gasteiger partial charge < -0.3 is 10.1 Å². The van der Waals surface area contributed by atoms with E-state index in [0.29, 0.717) is 24.5 Å². The minimum atomic E-state index is -0.0894. The zero-order valence-corrected chi connectivity index (χ0v) is 14.3. The van der Waals surface area contributed by atoms with E-state index in [0.717, 1.165) is 29.8 Å². The van der Waals surface area contributed by atoms with E-state index in [4.69, 9.17) is 16.3 Å². The molecule has 1 aromatic heterocycles. The first-order valence-electron chi connectivity index (χ1n) is 8.10. The Balaban J connectivity index is 1.68. The lowest BCUT2D eigenvalue weighted by Crippen LogP contribution is -2.37. The summed E-state index contributed by atoms with van der Waals surface area (Å²) in [5.74, 6) is -0.0142. The predicted octanol–water partition coefficient (Wildman–Crippen LogP) is 2.46. The molecule has 1 aliphatic rings. The van der Waals surface area contributed by atoms with Gasteiger partial charge in [0.15, 0.2) is 0 Å². The van der Waals surface area contributed by atoms with Crippen molar-refractivity contribution >= 4 is 17.5 Å². The number of aromatic nitrogens is 3. The number of aromatic amines is 1. The highest BCUT2D eigenvalue weighted by atomic mass is 35.5. The number of fused-ring (bicyclic) bond motifs is 1. The van der Waals surface area contributed by atoms with Crippen molar-refractivity contribution in [3.05, 3.63) is 46.2 Å². The molecule has 3 rings (SSSR count). The van der Waals surface area contributed by atoms with Gasteiger partial charge in [0.1, 0.15) is 0 Å². The second-order valence-electron chi connectivity index (χ2n) is 6.05. The summed E-state index contributed by atoms with van der Waals surface area (Å²) >= 11 is 5.96. The number of carbonyl (C=O) groups excluding carboxylic acids is 1. The van der Waals surface area contributed by atoms with Crippen molar-refractivity contribution in [2.75, 3.05) is 13.7 Å². The molecule has 128 valence electrons. The first-order chi connectivity index (χ1) is 11.7. The first kappa shape index (κ1) is 16.9. The topological polar surface area (TPSA) is 79.9 Å². The summed E-state index contributed by atoms with van der Waals surface area (Å²) in [5, 5.41) is 14.7. The van der Waals surface area contributed by atoms with Crippen LogP contribution in [-0.4, -0.2) is 35.0 Å². The third-order valence-corrected chi connectivity index (χ3v) is 4.69. The molecule has 1 heterocycles. The lowest BCUT2D eigenvalue weighted by molar-refractivity contribution is -0.126. The Labute approximate surface area is 145 Å². The van der Waals surface area contributed by atoms with E-state index in [2.05, 4.69) is 20.7 Å². The fourth-order valence-electron chi connectivity index (χ4n) is 3.05. The monoisotopic (exact) mass is 348 g/mol. The van der Waals surface area contributed by atoms with E-state index in [1.54, 1.807) is 7.11 Å². The van der Waals surface area contributed by atoms with Crippen LogP contribution in [0, 0.1) is 5.92 Å². The van der Waals surface area contributed by atoms with Crippen LogP contribution >= 0.6 is 11.6 Å². The van der Waals surface area contributed by atoms with Crippen molar-refractivity contribution in [1.82, 2.24) is 20.7 Å². The van der Waals surface area contributed by atoms with Crippen LogP contribution in [0.2, 0.25) is 5.02 Å². The minimum Gasteiger partial charge on any atom is -0.385 e. The normalized spacial score (nSPS) is 18.0. The molecule has 0 spiro atoms. The molecule has 6 nitrogen and oxygen atoms in total. The fourth-order valence-corrected chi connectivity index (χ4v) is 3.18. The zero-order chi connectivity index (χ0) is 16.9. The third-order valence-electron chi connectivity index (χ3n) is 4.44. The number of nitrogens with one attached hydrogen (secondary N) is 2. The van der Waals surface area contributed by atoms with Crippen LogP contribution in [0.4, 0.5) is 0 Å². The largest absolute Gasteiger partial charge is 0.385 e. The summed E-state index contributed by atoms with van der Waals surface area (Å²) in [6, 6.07) is 7.48. The Kier molecular flexibility index (Phi) is 5.48. The van der Waals surface area contributed by atoms with E-state index in [1.165, 1.54) is 0 Å². The summed E-state index contributed by atoms with van der Waals surface area (Å²) in [4.78, 5) is 12.7. The molecule has 0 saturated heterocycles. The van der Waals surface area contributed by atoms with Crippen LogP contribution in [0.1, 0.15) is 35.8 Å². The number of nitrogens with zero attached hydrogens (tertiary/aromatic N) is 2. The van der Waals surface area contributed by atoms with Gasteiger partial charge in [-0.2, -0.15) is 15.4 Å². The van der Waals surface area contributed by atoms with Gasteiger partial charge in [0.2, 0.25) is 5.91 Å². The Morgan fingerprint density at radius 3 is 2.88 bits per heavy atom. The predicted molar refractivity (Wildman–Crippen MR) is 90.7 cm³/mol. The molecule has 0 fully saturated rings. The van der Waals surface area contributed by atoms with E-state index >= 15 is 0 Å². The van der Waals surface area contributed by atoms with Crippen LogP contribution in [0.15, 0.2) is 24.3 Å². The van der Waals surface area contributed by atoms with Crippen molar-refractivity contribution in [1.29, 1.82) is 0 Å². The molecule has 0 radical (unpaired) electrons. The smallest absolute Gasteiger partial charge is 0.224 e. The summed E-state index contributed by atoms with van der Waals surface area (Å²) in [7, 11) is 1.66. The third kappa shape index (κ3) is 3.94. The summed E-state index contributed by atoms with van der Waals surface area (Å²) < 4.78 is 5.18. The lowest BCUT2D eigenvalue weighted by Gasteiger charge is -2.24. The number of hydrogen-bond donors (Lipinski definition) is 2. The Morgan fingerprint density at radius 1 is 1.38 bits per heavy atom. The second-order valence-corrected chi connectivity index (χ2v) is 6.49. The van der Waals surface area contributed by atoms with Crippen molar-refractivity contribution in [3.8, 4) is 0 Å². The summed E-state index contributed by atoms with van der Waals surface area (Å²) in [6.45, 7) is 0.575. The van der Waals surface area contributed by atoms with Gasteiger partial charge in [-0.25, -0.2) is 0 Å². The van der Waals surface area contributed by atoms with Gasteiger partial charge in [-0.1, -0.05) is 23.7 Å². The Hall–Kier alpha value is -1.92. The van der Waals surface area contributed by atoms with Gasteiger partial charge >= 0.3 is 0 Å². The number of carbonyl (C=O) groups is 1. The van der Waals surface area contributed by atoms with E-state index in [1.807, 2.05) is 24.3 Å². The SMILES string of the molecule is COCC[C@@H](NC(=O)[C@@H]1CCc2n[nH]nc2C1)c1ccc(Cl)cc1. The maximum absolute atomic E-state index is 12.7. The van der Waals surface area contributed by atoms with Gasteiger partial charge in [-0.3, -0.25) is 4.79 Å². The number of rotatable bonds is 6. The second kappa shape index (κ2) is 7.77. The van der Waals surface area contributed by atoms with Gasteiger partial charge in [-0.15, -0.1) is 0 Å². The number of hydrogen-bond acceptors (Lipinski definition) is 4. The van der Waals surface area contributed by atoms with E-state index in [-0.39, 0.29) is 17.9 Å². The fraction of sp³-hybridized carbons (Fsp3) is 0.471. The molecule has 1 aromatic carbocycles. The molecule has 24 heavy (non-hydrogen) atoms. The van der Waals surface area contributed by atoms with Gasteiger partial charge in [0.25, 0.3) is 0 Å². The number of aryl methyl sites for hydroxylation is 1. The molecular formula is C17H21ClN4O2. The standard InChI is InChI=1S/C17H21ClN4O2/c1-24-9-8-14(11-2-5-13(18)6-3-11)19-17(23)12-4-7-15-16(10-12)21-22-20-15/h2-3,5-6,12,14H,4,7-10H2,1H3,(H,19,23)(H,20,21,22)/t12-,14-/m1/s1. The number of benzene rings is 1. The van der Waals surface area contributed by atoms with Crippen LogP contribution in [-0.2, 0) is 22.4 Å². The van der Waals surface area contributed by atoms with Crippen LogP contribution in [0.3, 0.4) is 0 Å². The average molecular weight is 349 g/mol. The molecule has 0 saturated carbocycles. The summed E-state index contributed by atoms with van der Waals surface area (Å²) in [6.07, 6.45) is 2.93. The molecule has 0 bridgehead atoms. The molecule has 1 aliphatic carbocycles. The Bertz CT molecular complexity index is 686. The van der Waals surface area contributed by atoms with Gasteiger partial charge in [0, 0.05) is 31.1 Å². The molecule has 2 N–H and O–H groups in total. The van der Waals surface area contributed by atoms with Gasteiger partial charge in [-0.05, 0) is 37.0 Å². The number of halogens is 1. The van der Waals surface area contributed by atoms with E-state index in [9.17, 15) is 4.79 Å². The van der Waals surface area contributed by atoms with Crippen molar-refractivity contribution in [2.45, 2.75) is 31.7 Å². The maximum Gasteiger partial charge on any atom is 0.224 e. The average Bonchev–Trinajstić information content (AvgIpc) is 3.07. The number of methoxy groups -OCH3 is 1. The maximum atomic E-state index is 12.7. The molecular weight excluding hydrogens is 328 g/mol. The van der Waals surface area contributed by atoms with Crippen molar-refractivity contribution in [2.24, 2.45) is 5.92 Å². The number of H-pyrrole nitrogens is 1. The first-order valence-corrected chi connectivity index (χ1v) is 8.48.